The van der Waals surface area contributed by atoms with E-state index >= 15 is 0 Å². The van der Waals surface area contributed by atoms with Crippen LogP contribution in [0.3, 0.4) is 0 Å². The molecule has 0 radical (unpaired) electrons. The molecule has 7 heteroatoms. The molecule has 2 atom stereocenters. The molecule has 144 valence electrons. The van der Waals surface area contributed by atoms with Gasteiger partial charge in [-0.25, -0.2) is 0 Å². The fourth-order valence-electron chi connectivity index (χ4n) is 3.34. The predicted octanol–water partition coefficient (Wildman–Crippen LogP) is 3.47. The van der Waals surface area contributed by atoms with Crippen molar-refractivity contribution in [2.75, 3.05) is 17.2 Å². The van der Waals surface area contributed by atoms with Crippen LogP contribution >= 0.6 is 11.3 Å². The third kappa shape index (κ3) is 3.63. The number of benzene rings is 1. The summed E-state index contributed by atoms with van der Waals surface area (Å²) in [5.74, 6) is -0.423. The van der Waals surface area contributed by atoms with Crippen LogP contribution in [0.15, 0.2) is 41.8 Å². The molecule has 1 heterocycles. The first kappa shape index (κ1) is 19.5. The highest BCUT2D eigenvalue weighted by Gasteiger charge is 2.62. The maximum atomic E-state index is 12.8. The molecule has 0 bridgehead atoms. The maximum absolute atomic E-state index is 12.8. The van der Waals surface area contributed by atoms with Crippen LogP contribution in [0.4, 0.5) is 11.4 Å². The van der Waals surface area contributed by atoms with E-state index < -0.39 is 11.0 Å². The summed E-state index contributed by atoms with van der Waals surface area (Å²) in [4.78, 5) is 25.6. The summed E-state index contributed by atoms with van der Waals surface area (Å²) in [7, 11) is 0. The Bertz CT molecular complexity index is 835. The average Bonchev–Trinajstić information content (AvgIpc) is 3.16. The zero-order valence-electron chi connectivity index (χ0n) is 15.7. The van der Waals surface area contributed by atoms with Crippen molar-refractivity contribution in [3.63, 3.8) is 0 Å². The van der Waals surface area contributed by atoms with Crippen LogP contribution in [-0.4, -0.2) is 30.1 Å². The molecular weight excluding hydrogens is 362 g/mol. The van der Waals surface area contributed by atoms with Crippen LogP contribution < -0.4 is 16.4 Å². The van der Waals surface area contributed by atoms with Gasteiger partial charge in [0.2, 0.25) is 5.91 Å². The molecule has 0 saturated heterocycles. The number of ether oxygens (including phenoxy) is 1. The van der Waals surface area contributed by atoms with E-state index in [9.17, 15) is 9.59 Å². The Hall–Kier alpha value is -2.22. The molecule has 1 saturated carbocycles. The minimum absolute atomic E-state index is 0.0327. The first-order chi connectivity index (χ1) is 12.8. The van der Waals surface area contributed by atoms with Crippen molar-refractivity contribution in [1.82, 2.24) is 0 Å². The van der Waals surface area contributed by atoms with E-state index in [0.29, 0.717) is 29.3 Å². The molecule has 1 aliphatic rings. The van der Waals surface area contributed by atoms with Gasteiger partial charge in [0.05, 0.1) is 11.0 Å². The van der Waals surface area contributed by atoms with Crippen molar-refractivity contribution in [1.29, 1.82) is 0 Å². The molecule has 2 unspecified atom stereocenters. The zero-order valence-corrected chi connectivity index (χ0v) is 16.6. The second-order valence-electron chi connectivity index (χ2n) is 7.31. The highest BCUT2D eigenvalue weighted by molar-refractivity contribution is 7.12. The largest absolute Gasteiger partial charge is 0.378 e. The number of carbonyl (C=O) groups excluding carboxylic acids is 2. The molecule has 1 aromatic carbocycles. The molecule has 2 aromatic rings. The second-order valence-corrected chi connectivity index (χ2v) is 8.26. The van der Waals surface area contributed by atoms with Gasteiger partial charge >= 0.3 is 0 Å². The van der Waals surface area contributed by atoms with Crippen LogP contribution in [0.25, 0.3) is 0 Å². The summed E-state index contributed by atoms with van der Waals surface area (Å²) in [6.45, 7) is 6.43. The van der Waals surface area contributed by atoms with Gasteiger partial charge < -0.3 is 21.1 Å². The topological polar surface area (TPSA) is 93.4 Å². The monoisotopic (exact) mass is 387 g/mol. The lowest BCUT2D eigenvalue weighted by Gasteiger charge is -2.57. The number of rotatable bonds is 6. The molecule has 2 amide bonds. The zero-order chi connectivity index (χ0) is 19.7. The van der Waals surface area contributed by atoms with E-state index in [4.69, 9.17) is 10.5 Å². The van der Waals surface area contributed by atoms with Gasteiger partial charge in [-0.15, -0.1) is 11.3 Å². The minimum atomic E-state index is -0.997. The highest BCUT2D eigenvalue weighted by Crippen LogP contribution is 2.50. The Morgan fingerprint density at radius 3 is 2.52 bits per heavy atom. The minimum Gasteiger partial charge on any atom is -0.378 e. The van der Waals surface area contributed by atoms with E-state index in [1.165, 1.54) is 11.3 Å². The normalized spacial score (nSPS) is 23.3. The van der Waals surface area contributed by atoms with Crippen molar-refractivity contribution in [3.8, 4) is 0 Å². The lowest BCUT2D eigenvalue weighted by atomic mass is 9.54. The lowest BCUT2D eigenvalue weighted by molar-refractivity contribution is -0.166. The van der Waals surface area contributed by atoms with Gasteiger partial charge in [0, 0.05) is 29.8 Å². The van der Waals surface area contributed by atoms with Gasteiger partial charge in [0.1, 0.15) is 5.54 Å². The van der Waals surface area contributed by atoms with Crippen LogP contribution in [0.2, 0.25) is 0 Å². The summed E-state index contributed by atoms with van der Waals surface area (Å²) in [6, 6.07) is 10.6. The number of hydrogen-bond acceptors (Lipinski definition) is 5. The number of thiophene rings is 1. The van der Waals surface area contributed by atoms with Crippen molar-refractivity contribution >= 4 is 34.5 Å². The Kier molecular flexibility index (Phi) is 5.37. The summed E-state index contributed by atoms with van der Waals surface area (Å²) in [5, 5.41) is 7.57. The summed E-state index contributed by atoms with van der Waals surface area (Å²) < 4.78 is 5.68. The van der Waals surface area contributed by atoms with E-state index in [2.05, 4.69) is 10.6 Å². The number of hydrogen-bond donors (Lipinski definition) is 3. The number of nitrogens with one attached hydrogen (secondary N) is 2. The van der Waals surface area contributed by atoms with E-state index in [0.717, 1.165) is 0 Å². The molecule has 27 heavy (non-hydrogen) atoms. The van der Waals surface area contributed by atoms with Crippen LogP contribution in [0.5, 0.6) is 0 Å². The Balaban J connectivity index is 1.68. The SMILES string of the molecule is CCOC1CC(N)(C(=O)Nc2cccc(NC(=O)c3cccs3)c2)C1(C)C. The maximum Gasteiger partial charge on any atom is 0.265 e. The van der Waals surface area contributed by atoms with Gasteiger partial charge in [-0.05, 0) is 36.6 Å². The van der Waals surface area contributed by atoms with Crippen LogP contribution in [0, 0.1) is 5.41 Å². The molecule has 6 nitrogen and oxygen atoms in total. The Morgan fingerprint density at radius 1 is 1.22 bits per heavy atom. The summed E-state index contributed by atoms with van der Waals surface area (Å²) >= 11 is 1.37. The summed E-state index contributed by atoms with van der Waals surface area (Å²) in [6.07, 6.45) is 0.448. The number of amides is 2. The van der Waals surface area contributed by atoms with Gasteiger partial charge in [-0.1, -0.05) is 26.0 Å². The molecule has 1 aliphatic carbocycles. The molecule has 1 fully saturated rings. The molecule has 0 aliphatic heterocycles. The molecule has 4 N–H and O–H groups in total. The first-order valence-corrected chi connectivity index (χ1v) is 9.83. The summed E-state index contributed by atoms with van der Waals surface area (Å²) in [5.41, 5.74) is 6.15. The van der Waals surface area contributed by atoms with Gasteiger partial charge in [-0.2, -0.15) is 0 Å². The Labute approximate surface area is 163 Å². The third-order valence-electron chi connectivity index (χ3n) is 5.36. The van der Waals surface area contributed by atoms with Crippen molar-refractivity contribution < 1.29 is 14.3 Å². The number of nitrogens with two attached hydrogens (primary N) is 1. The van der Waals surface area contributed by atoms with Crippen molar-refractivity contribution in [3.05, 3.63) is 46.7 Å². The average molecular weight is 388 g/mol. The third-order valence-corrected chi connectivity index (χ3v) is 6.23. The standard InChI is InChI=1S/C20H25N3O3S/c1-4-26-16-12-20(21,19(16,2)3)18(25)23-14-8-5-7-13(11-14)22-17(24)15-9-6-10-27-15/h5-11,16H,4,12,21H2,1-3H3,(H,22,24)(H,23,25). The molecule has 3 rings (SSSR count). The highest BCUT2D eigenvalue weighted by atomic mass is 32.1. The number of carbonyl (C=O) groups is 2. The van der Waals surface area contributed by atoms with Gasteiger partial charge in [0.15, 0.2) is 0 Å². The van der Waals surface area contributed by atoms with E-state index in [-0.39, 0.29) is 17.9 Å². The van der Waals surface area contributed by atoms with Crippen molar-refractivity contribution in [2.45, 2.75) is 38.8 Å². The fourth-order valence-corrected chi connectivity index (χ4v) is 3.96. The van der Waals surface area contributed by atoms with Crippen LogP contribution in [-0.2, 0) is 9.53 Å². The van der Waals surface area contributed by atoms with Gasteiger partial charge in [-0.3, -0.25) is 9.59 Å². The second kappa shape index (κ2) is 7.42. The number of anilines is 2. The smallest absolute Gasteiger partial charge is 0.265 e. The van der Waals surface area contributed by atoms with Crippen LogP contribution in [0.1, 0.15) is 36.9 Å². The fraction of sp³-hybridized carbons (Fsp3) is 0.400. The Morgan fingerprint density at radius 2 is 1.93 bits per heavy atom. The van der Waals surface area contributed by atoms with Gasteiger partial charge in [0.25, 0.3) is 5.91 Å². The molecule has 1 aromatic heterocycles. The molecular formula is C20H25N3O3S. The van der Waals surface area contributed by atoms with E-state index in [1.807, 2.05) is 32.2 Å². The quantitative estimate of drug-likeness (QED) is 0.707. The first-order valence-electron chi connectivity index (χ1n) is 8.95. The lowest BCUT2D eigenvalue weighted by Crippen LogP contribution is -2.74. The van der Waals surface area contributed by atoms with E-state index in [1.54, 1.807) is 30.3 Å². The predicted molar refractivity (Wildman–Crippen MR) is 108 cm³/mol. The van der Waals surface area contributed by atoms with Crippen molar-refractivity contribution in [2.24, 2.45) is 11.1 Å². The molecule has 0 spiro atoms.